The number of hydrogen-bond acceptors (Lipinski definition) is 4. The molecule has 0 aliphatic heterocycles. The van der Waals surface area contributed by atoms with Crippen molar-refractivity contribution in [3.05, 3.63) is 212 Å². The number of rotatable bonds is 6. The van der Waals surface area contributed by atoms with Crippen LogP contribution in [-0.2, 0) is 0 Å². The molecule has 0 atom stereocenters. The lowest BCUT2D eigenvalue weighted by Crippen LogP contribution is -2.06. The van der Waals surface area contributed by atoms with Crippen molar-refractivity contribution in [2.75, 3.05) is 0 Å². The van der Waals surface area contributed by atoms with Crippen molar-refractivity contribution in [1.29, 1.82) is 0 Å². The Labute approximate surface area is 361 Å². The summed E-state index contributed by atoms with van der Waals surface area (Å²) < 4.78 is 11.3. The van der Waals surface area contributed by atoms with Crippen LogP contribution in [0.3, 0.4) is 0 Å². The van der Waals surface area contributed by atoms with Crippen molar-refractivity contribution in [3.8, 4) is 56.7 Å². The lowest BCUT2D eigenvalue weighted by molar-refractivity contribution is 0.669. The molecule has 0 saturated carbocycles. The Balaban J connectivity index is 0.984. The molecule has 0 spiro atoms. The fourth-order valence-electron chi connectivity index (χ4n) is 9.41. The molecule has 9 aromatic carbocycles. The van der Waals surface area contributed by atoms with Gasteiger partial charge in [0.1, 0.15) is 11.2 Å². The van der Waals surface area contributed by atoms with Crippen molar-refractivity contribution in [2.45, 2.75) is 0 Å². The first-order valence-corrected chi connectivity index (χ1v) is 21.2. The summed E-state index contributed by atoms with van der Waals surface area (Å²) in [7, 11) is 0. The zero-order valence-electron chi connectivity index (χ0n) is 33.9. The molecule has 0 radical (unpaired) electrons. The number of hydrogen-bond donors (Lipinski definition) is 0. The van der Waals surface area contributed by atoms with Gasteiger partial charge < -0.3 is 8.98 Å². The van der Waals surface area contributed by atoms with Gasteiger partial charge in [-0.25, -0.2) is 4.98 Å². The van der Waals surface area contributed by atoms with Crippen LogP contribution in [-0.4, -0.2) is 24.1 Å². The maximum absolute atomic E-state index is 6.77. The Hall–Kier alpha value is -8.61. The highest BCUT2D eigenvalue weighted by Crippen LogP contribution is 2.40. The second kappa shape index (κ2) is 14.0. The Kier molecular flexibility index (Phi) is 7.80. The van der Waals surface area contributed by atoms with Crippen molar-refractivity contribution in [3.63, 3.8) is 0 Å². The number of furan rings is 1. The maximum atomic E-state index is 6.77. The molecule has 0 fully saturated rings. The Bertz CT molecular complexity index is 3850. The predicted molar refractivity (Wildman–Crippen MR) is 258 cm³/mol. The quantitative estimate of drug-likeness (QED) is 0.168. The van der Waals surface area contributed by atoms with Crippen LogP contribution in [0.4, 0.5) is 0 Å². The van der Waals surface area contributed by atoms with Crippen molar-refractivity contribution >= 4 is 65.6 Å². The zero-order chi connectivity index (χ0) is 41.4. The summed E-state index contributed by atoms with van der Waals surface area (Å²) >= 11 is 0. The zero-order valence-corrected chi connectivity index (χ0v) is 33.9. The van der Waals surface area contributed by atoms with Gasteiger partial charge in [-0.2, -0.15) is 9.97 Å². The van der Waals surface area contributed by atoms with Crippen molar-refractivity contribution in [2.24, 2.45) is 0 Å². The predicted octanol–water partition coefficient (Wildman–Crippen LogP) is 14.6. The Morgan fingerprint density at radius 2 is 0.794 bits per heavy atom. The molecule has 0 amide bonds. The summed E-state index contributed by atoms with van der Waals surface area (Å²) in [6.45, 7) is 0. The van der Waals surface area contributed by atoms with E-state index in [4.69, 9.17) is 19.4 Å². The minimum Gasteiger partial charge on any atom is -0.456 e. The average molecular weight is 806 g/mol. The van der Waals surface area contributed by atoms with E-state index in [9.17, 15) is 0 Å². The Morgan fingerprint density at radius 3 is 1.48 bits per heavy atom. The van der Waals surface area contributed by atoms with Gasteiger partial charge in [0.25, 0.3) is 0 Å². The second-order valence-corrected chi connectivity index (χ2v) is 16.0. The highest BCUT2D eigenvalue weighted by Gasteiger charge is 2.20. The molecule has 0 bridgehead atoms. The van der Waals surface area contributed by atoms with E-state index >= 15 is 0 Å². The fraction of sp³-hybridized carbons (Fsp3) is 0. The normalized spacial score (nSPS) is 11.8. The van der Waals surface area contributed by atoms with Crippen molar-refractivity contribution < 1.29 is 4.42 Å². The number of para-hydroxylation sites is 3. The van der Waals surface area contributed by atoms with E-state index in [0.717, 1.165) is 88.1 Å². The minimum absolute atomic E-state index is 0.552. The van der Waals surface area contributed by atoms with E-state index in [-0.39, 0.29) is 0 Å². The largest absolute Gasteiger partial charge is 0.456 e. The van der Waals surface area contributed by atoms with E-state index in [0.29, 0.717) is 17.6 Å². The van der Waals surface area contributed by atoms with E-state index in [1.54, 1.807) is 0 Å². The smallest absolute Gasteiger partial charge is 0.238 e. The van der Waals surface area contributed by atoms with E-state index < -0.39 is 0 Å². The van der Waals surface area contributed by atoms with Crippen LogP contribution in [0.2, 0.25) is 0 Å². The number of fused-ring (bicyclic) bond motifs is 9. The molecule has 13 aromatic rings. The molecule has 6 nitrogen and oxygen atoms in total. The van der Waals surface area contributed by atoms with Gasteiger partial charge >= 0.3 is 0 Å². The molecule has 6 heteroatoms. The van der Waals surface area contributed by atoms with E-state index in [1.807, 2.05) is 6.07 Å². The second-order valence-electron chi connectivity index (χ2n) is 16.0. The number of benzene rings is 9. The molecule has 294 valence electrons. The average Bonchev–Trinajstić information content (AvgIpc) is 4.00. The summed E-state index contributed by atoms with van der Waals surface area (Å²) in [6.07, 6.45) is 0. The molecule has 0 saturated heterocycles. The summed E-state index contributed by atoms with van der Waals surface area (Å²) in [5, 5.41) is 6.67. The third-order valence-electron chi connectivity index (χ3n) is 12.4. The molecular formula is C57H35N5O. The SMILES string of the molecule is c1ccc(-c2ccc(-c3nc(-c4ccc5c(c4)oc4cc6c7ccccc7n(-c7cccc(-c8ccccc8)c7)c6cc45)nc(-n4c5ccccc5c5ccccc54)n3)cc2)cc1. The van der Waals surface area contributed by atoms with Gasteiger partial charge in [-0.1, -0.05) is 158 Å². The highest BCUT2D eigenvalue weighted by atomic mass is 16.3. The van der Waals surface area contributed by atoms with Crippen LogP contribution in [0, 0.1) is 0 Å². The van der Waals surface area contributed by atoms with Crippen LogP contribution in [0.15, 0.2) is 217 Å². The molecule has 4 heterocycles. The molecule has 0 N–H and O–H groups in total. The number of aromatic nitrogens is 5. The van der Waals surface area contributed by atoms with Crippen molar-refractivity contribution in [1.82, 2.24) is 24.1 Å². The van der Waals surface area contributed by atoms with Gasteiger partial charge in [0.05, 0.1) is 22.1 Å². The molecular weight excluding hydrogens is 771 g/mol. The Morgan fingerprint density at radius 1 is 0.286 bits per heavy atom. The van der Waals surface area contributed by atoms with Gasteiger partial charge in [0.15, 0.2) is 11.6 Å². The molecule has 0 unspecified atom stereocenters. The summed E-state index contributed by atoms with van der Waals surface area (Å²) in [4.78, 5) is 15.6. The first-order chi connectivity index (χ1) is 31.2. The molecule has 4 aromatic heterocycles. The van der Waals surface area contributed by atoms with Crippen LogP contribution >= 0.6 is 0 Å². The monoisotopic (exact) mass is 805 g/mol. The van der Waals surface area contributed by atoms with E-state index in [1.165, 1.54) is 16.5 Å². The number of nitrogens with zero attached hydrogens (tertiary/aromatic N) is 5. The first kappa shape index (κ1) is 35.2. The third-order valence-corrected chi connectivity index (χ3v) is 12.4. The van der Waals surface area contributed by atoms with Crippen LogP contribution < -0.4 is 0 Å². The van der Waals surface area contributed by atoms with Gasteiger partial charge in [-0.05, 0) is 76.9 Å². The van der Waals surface area contributed by atoms with Gasteiger partial charge in [0.2, 0.25) is 5.95 Å². The molecule has 0 aliphatic carbocycles. The third kappa shape index (κ3) is 5.69. The van der Waals surface area contributed by atoms with Crippen LogP contribution in [0.25, 0.3) is 122 Å². The lowest BCUT2D eigenvalue weighted by Gasteiger charge is -2.11. The van der Waals surface area contributed by atoms with Gasteiger partial charge in [-0.3, -0.25) is 4.57 Å². The topological polar surface area (TPSA) is 61.7 Å². The standard InChI is InChI=1S/C57H35N5O/c1-3-14-36(15-4-1)38-26-28-39(29-27-38)55-58-56(60-57(59-55)62-50-24-11-7-20-43(50)44-21-8-12-25-51(44)62)41-30-31-46-48-34-52-47(35-54(48)63-53(46)33-41)45-22-9-10-23-49(45)61(52)42-19-13-18-40(32-42)37-16-5-2-6-17-37/h1-35H. The molecule has 63 heavy (non-hydrogen) atoms. The lowest BCUT2D eigenvalue weighted by atomic mass is 10.0. The van der Waals surface area contributed by atoms with Crippen LogP contribution in [0.1, 0.15) is 0 Å². The van der Waals surface area contributed by atoms with Gasteiger partial charge in [0, 0.05) is 49.1 Å². The summed E-state index contributed by atoms with van der Waals surface area (Å²) in [5.41, 5.74) is 13.4. The molecule has 13 rings (SSSR count). The minimum atomic E-state index is 0.552. The highest BCUT2D eigenvalue weighted by molar-refractivity contribution is 6.17. The van der Waals surface area contributed by atoms with E-state index in [2.05, 4.69) is 215 Å². The fourth-order valence-corrected chi connectivity index (χ4v) is 9.41. The summed E-state index contributed by atoms with van der Waals surface area (Å²) in [6, 6.07) is 74.5. The van der Waals surface area contributed by atoms with Gasteiger partial charge in [-0.15, -0.1) is 0 Å². The molecule has 0 aliphatic rings. The van der Waals surface area contributed by atoms with Crippen LogP contribution in [0.5, 0.6) is 0 Å². The maximum Gasteiger partial charge on any atom is 0.238 e. The summed E-state index contributed by atoms with van der Waals surface area (Å²) in [5.74, 6) is 1.70. The first-order valence-electron chi connectivity index (χ1n) is 21.2.